The summed E-state index contributed by atoms with van der Waals surface area (Å²) < 4.78 is 4.93. The third-order valence-electron chi connectivity index (χ3n) is 3.44. The topological polar surface area (TPSA) is 55.4 Å². The second-order valence-corrected chi connectivity index (χ2v) is 5.80. The van der Waals surface area contributed by atoms with Gasteiger partial charge in [-0.15, -0.1) is 0 Å². The average molecular weight is 281 g/mol. The van der Waals surface area contributed by atoms with Crippen LogP contribution in [0.1, 0.15) is 58.8 Å². The van der Waals surface area contributed by atoms with E-state index < -0.39 is 0 Å². The van der Waals surface area contributed by atoms with E-state index in [2.05, 4.69) is 25.2 Å². The number of amides is 1. The molecule has 0 saturated carbocycles. The van der Waals surface area contributed by atoms with E-state index >= 15 is 0 Å². The highest BCUT2D eigenvalue weighted by Gasteiger charge is 2.09. The lowest BCUT2D eigenvalue weighted by Gasteiger charge is -2.13. The third kappa shape index (κ3) is 7.97. The fourth-order valence-corrected chi connectivity index (χ4v) is 2.17. The quantitative estimate of drug-likeness (QED) is 0.549. The monoisotopic (exact) mass is 281 g/mol. The molecule has 20 heavy (non-hydrogen) atoms. The maximum absolute atomic E-state index is 11.5. The van der Waals surface area contributed by atoms with Gasteiger partial charge in [-0.3, -0.25) is 9.59 Å². The second-order valence-electron chi connectivity index (χ2n) is 5.80. The first-order valence-corrected chi connectivity index (χ1v) is 7.68. The maximum Gasteiger partial charge on any atom is 0.306 e. The van der Waals surface area contributed by atoms with Crippen molar-refractivity contribution >= 4 is 11.9 Å². The second kappa shape index (κ2) is 9.56. The molecule has 4 heteroatoms. The van der Waals surface area contributed by atoms with Crippen LogP contribution in [0.15, 0.2) is 11.6 Å². The lowest BCUT2D eigenvalue weighted by atomic mass is 9.97. The number of esters is 1. The third-order valence-corrected chi connectivity index (χ3v) is 3.44. The summed E-state index contributed by atoms with van der Waals surface area (Å²) in [5.41, 5.74) is 1.44. The van der Waals surface area contributed by atoms with E-state index in [-0.39, 0.29) is 18.5 Å². The van der Waals surface area contributed by atoms with Gasteiger partial charge in [0.05, 0.1) is 0 Å². The number of carbonyl (C=O) groups excluding carboxylic acids is 2. The van der Waals surface area contributed by atoms with Crippen molar-refractivity contribution in [3.63, 3.8) is 0 Å². The Kier molecular flexibility index (Phi) is 8.00. The summed E-state index contributed by atoms with van der Waals surface area (Å²) in [6.45, 7) is 4.59. The highest BCUT2D eigenvalue weighted by Crippen LogP contribution is 2.19. The Balaban J connectivity index is 2.05. The molecule has 0 unspecified atom stereocenters. The van der Waals surface area contributed by atoms with Gasteiger partial charge in [-0.1, -0.05) is 25.5 Å². The first-order valence-electron chi connectivity index (χ1n) is 7.68. The minimum atomic E-state index is -0.288. The van der Waals surface area contributed by atoms with Gasteiger partial charge >= 0.3 is 5.97 Å². The van der Waals surface area contributed by atoms with Gasteiger partial charge in [0.1, 0.15) is 0 Å². The number of rotatable bonds is 8. The van der Waals surface area contributed by atoms with Crippen molar-refractivity contribution < 1.29 is 14.3 Å². The molecule has 0 heterocycles. The lowest BCUT2D eigenvalue weighted by molar-refractivity contribution is -0.148. The highest BCUT2D eigenvalue weighted by atomic mass is 16.5. The van der Waals surface area contributed by atoms with Crippen LogP contribution in [0, 0.1) is 5.92 Å². The molecule has 0 saturated heterocycles. The molecule has 1 aliphatic carbocycles. The summed E-state index contributed by atoms with van der Waals surface area (Å²) in [6.07, 6.45) is 9.23. The van der Waals surface area contributed by atoms with Crippen molar-refractivity contribution in [1.29, 1.82) is 0 Å². The summed E-state index contributed by atoms with van der Waals surface area (Å²) in [4.78, 5) is 22.9. The zero-order chi connectivity index (χ0) is 14.8. The summed E-state index contributed by atoms with van der Waals surface area (Å²) >= 11 is 0. The van der Waals surface area contributed by atoms with Crippen molar-refractivity contribution in [3.05, 3.63) is 11.6 Å². The molecule has 0 aliphatic heterocycles. The molecule has 1 N–H and O–H groups in total. The molecule has 4 nitrogen and oxygen atoms in total. The fraction of sp³-hybridized carbons (Fsp3) is 0.750. The van der Waals surface area contributed by atoms with Gasteiger partial charge in [0.15, 0.2) is 6.61 Å². The number of carbonyl (C=O) groups is 2. The fourth-order valence-electron chi connectivity index (χ4n) is 2.17. The average Bonchev–Trinajstić information content (AvgIpc) is 2.44. The number of hydrogen-bond donors (Lipinski definition) is 1. The number of allylic oxidation sites excluding steroid dienone is 1. The van der Waals surface area contributed by atoms with E-state index in [0.29, 0.717) is 18.9 Å². The van der Waals surface area contributed by atoms with Crippen LogP contribution in [0.5, 0.6) is 0 Å². The highest BCUT2D eigenvalue weighted by molar-refractivity contribution is 5.80. The zero-order valence-electron chi connectivity index (χ0n) is 12.7. The summed E-state index contributed by atoms with van der Waals surface area (Å²) in [5, 5.41) is 2.79. The Morgan fingerprint density at radius 3 is 2.80 bits per heavy atom. The number of nitrogens with one attached hydrogen (secondary N) is 1. The van der Waals surface area contributed by atoms with Crippen molar-refractivity contribution in [1.82, 2.24) is 5.32 Å². The first kappa shape index (κ1) is 16.7. The van der Waals surface area contributed by atoms with Gasteiger partial charge < -0.3 is 10.1 Å². The SMILES string of the molecule is CC(C)CCC(=O)OCC(=O)NCCC1=CCCCC1. The van der Waals surface area contributed by atoms with Crippen LogP contribution in [-0.2, 0) is 14.3 Å². The largest absolute Gasteiger partial charge is 0.456 e. The van der Waals surface area contributed by atoms with E-state index in [1.165, 1.54) is 18.4 Å². The van der Waals surface area contributed by atoms with Crippen molar-refractivity contribution in [2.75, 3.05) is 13.2 Å². The first-order chi connectivity index (χ1) is 9.58. The Labute approximate surface area is 122 Å². The van der Waals surface area contributed by atoms with Crippen molar-refractivity contribution in [2.45, 2.75) is 58.8 Å². The van der Waals surface area contributed by atoms with Gasteiger partial charge in [-0.05, 0) is 44.4 Å². The van der Waals surface area contributed by atoms with E-state index in [0.717, 1.165) is 25.7 Å². The molecular weight excluding hydrogens is 254 g/mol. The van der Waals surface area contributed by atoms with Crippen LogP contribution < -0.4 is 5.32 Å². The molecule has 1 aliphatic rings. The van der Waals surface area contributed by atoms with E-state index in [1.807, 2.05) is 0 Å². The molecule has 0 bridgehead atoms. The van der Waals surface area contributed by atoms with Crippen LogP contribution in [0.4, 0.5) is 0 Å². The van der Waals surface area contributed by atoms with Crippen LogP contribution in [0.2, 0.25) is 0 Å². The van der Waals surface area contributed by atoms with Crippen LogP contribution in [0.3, 0.4) is 0 Å². The van der Waals surface area contributed by atoms with E-state index in [1.54, 1.807) is 0 Å². The minimum absolute atomic E-state index is 0.157. The summed E-state index contributed by atoms with van der Waals surface area (Å²) in [5.74, 6) is -0.0247. The standard InChI is InChI=1S/C16H27NO3/c1-13(2)8-9-16(19)20-12-15(18)17-11-10-14-6-4-3-5-7-14/h6,13H,3-5,7-12H2,1-2H3,(H,17,18). The Hall–Kier alpha value is -1.32. The van der Waals surface area contributed by atoms with Crippen LogP contribution >= 0.6 is 0 Å². The molecule has 114 valence electrons. The molecule has 0 aromatic rings. The Morgan fingerprint density at radius 1 is 1.35 bits per heavy atom. The minimum Gasteiger partial charge on any atom is -0.456 e. The van der Waals surface area contributed by atoms with E-state index in [4.69, 9.17) is 4.74 Å². The summed E-state index contributed by atoms with van der Waals surface area (Å²) in [7, 11) is 0. The Morgan fingerprint density at radius 2 is 2.15 bits per heavy atom. The molecule has 0 fully saturated rings. The predicted octanol–water partition coefficient (Wildman–Crippen LogP) is 2.97. The molecular formula is C16H27NO3. The maximum atomic E-state index is 11.5. The molecule has 0 spiro atoms. The van der Waals surface area contributed by atoms with Crippen LogP contribution in [0.25, 0.3) is 0 Å². The normalized spacial score (nSPS) is 14.8. The molecule has 1 rings (SSSR count). The zero-order valence-corrected chi connectivity index (χ0v) is 12.7. The predicted molar refractivity (Wildman–Crippen MR) is 79.2 cm³/mol. The molecule has 1 amide bonds. The molecule has 0 radical (unpaired) electrons. The lowest BCUT2D eigenvalue weighted by Crippen LogP contribution is -2.29. The number of ether oxygens (including phenoxy) is 1. The van der Waals surface area contributed by atoms with Gasteiger partial charge in [-0.2, -0.15) is 0 Å². The van der Waals surface area contributed by atoms with Gasteiger partial charge in [0, 0.05) is 13.0 Å². The molecule has 0 atom stereocenters. The Bertz CT molecular complexity index is 348. The van der Waals surface area contributed by atoms with Gasteiger partial charge in [0.2, 0.25) is 0 Å². The van der Waals surface area contributed by atoms with Crippen LogP contribution in [-0.4, -0.2) is 25.0 Å². The smallest absolute Gasteiger partial charge is 0.306 e. The van der Waals surface area contributed by atoms with Crippen molar-refractivity contribution in [3.8, 4) is 0 Å². The summed E-state index contributed by atoms with van der Waals surface area (Å²) in [6, 6.07) is 0. The molecule has 0 aromatic carbocycles. The molecule has 0 aromatic heterocycles. The van der Waals surface area contributed by atoms with E-state index in [9.17, 15) is 9.59 Å². The number of hydrogen-bond acceptors (Lipinski definition) is 3. The van der Waals surface area contributed by atoms with Gasteiger partial charge in [0.25, 0.3) is 5.91 Å². The van der Waals surface area contributed by atoms with Gasteiger partial charge in [-0.25, -0.2) is 0 Å². The van der Waals surface area contributed by atoms with Crippen molar-refractivity contribution in [2.24, 2.45) is 5.92 Å².